The van der Waals surface area contributed by atoms with Crippen LogP contribution in [0, 0.1) is 5.92 Å². The molecular weight excluding hydrogens is 228 g/mol. The van der Waals surface area contributed by atoms with Gasteiger partial charge in [-0.2, -0.15) is 0 Å². The van der Waals surface area contributed by atoms with Crippen molar-refractivity contribution < 1.29 is 14.9 Å². The largest absolute Gasteiger partial charge is 0.396 e. The number of hydrogen-bond acceptors (Lipinski definition) is 3. The van der Waals surface area contributed by atoms with Gasteiger partial charge in [0.05, 0.1) is 6.10 Å². The van der Waals surface area contributed by atoms with E-state index in [0.717, 1.165) is 6.42 Å². The van der Waals surface area contributed by atoms with Gasteiger partial charge in [-0.15, -0.1) is 0 Å². The summed E-state index contributed by atoms with van der Waals surface area (Å²) in [4.78, 5) is 0. The van der Waals surface area contributed by atoms with E-state index in [1.54, 1.807) is 13.8 Å². The topological polar surface area (TPSA) is 49.7 Å². The van der Waals surface area contributed by atoms with Gasteiger partial charge < -0.3 is 14.9 Å². The lowest BCUT2D eigenvalue weighted by atomic mass is 9.94. The summed E-state index contributed by atoms with van der Waals surface area (Å²) >= 11 is 0. The van der Waals surface area contributed by atoms with Gasteiger partial charge in [0.25, 0.3) is 0 Å². The lowest BCUT2D eigenvalue weighted by Crippen LogP contribution is -2.34. The average Bonchev–Trinajstić information content (AvgIpc) is 2.25. The van der Waals surface area contributed by atoms with Gasteiger partial charge in [-0.1, -0.05) is 30.7 Å². The van der Waals surface area contributed by atoms with E-state index in [0.29, 0.717) is 6.42 Å². The van der Waals surface area contributed by atoms with Crippen molar-refractivity contribution in [2.24, 2.45) is 5.92 Å². The molecule has 0 amide bonds. The van der Waals surface area contributed by atoms with E-state index in [2.05, 4.69) is 0 Å². The fraction of sp³-hybridized carbons (Fsp3) is 0.733. The number of hydrogen-bond donors (Lipinski definition) is 2. The van der Waals surface area contributed by atoms with E-state index in [1.807, 2.05) is 39.0 Å². The Kier molecular flexibility index (Phi) is 8.16. The summed E-state index contributed by atoms with van der Waals surface area (Å²) in [5.74, 6) is -0.954. The Hall–Kier alpha value is -0.640. The lowest BCUT2D eigenvalue weighted by molar-refractivity contribution is -0.215. The Balaban J connectivity index is 4.75. The molecule has 0 bridgehead atoms. The third-order valence-electron chi connectivity index (χ3n) is 2.85. The highest BCUT2D eigenvalue weighted by atomic mass is 16.6. The van der Waals surface area contributed by atoms with E-state index in [4.69, 9.17) is 9.84 Å². The Morgan fingerprint density at radius 3 is 2.33 bits per heavy atom. The van der Waals surface area contributed by atoms with Crippen molar-refractivity contribution in [3.05, 3.63) is 23.8 Å². The van der Waals surface area contributed by atoms with Crippen LogP contribution in [-0.4, -0.2) is 28.7 Å². The fourth-order valence-corrected chi connectivity index (χ4v) is 1.85. The third kappa shape index (κ3) is 7.64. The molecule has 2 N–H and O–H groups in total. The zero-order valence-corrected chi connectivity index (χ0v) is 12.3. The van der Waals surface area contributed by atoms with Crippen molar-refractivity contribution in [2.75, 3.05) is 6.61 Å². The number of ether oxygens (including phenoxy) is 1. The van der Waals surface area contributed by atoms with E-state index in [9.17, 15) is 5.11 Å². The normalized spacial score (nSPS) is 17.2. The van der Waals surface area contributed by atoms with Gasteiger partial charge >= 0.3 is 0 Å². The Bertz CT molecular complexity index is 274. The van der Waals surface area contributed by atoms with Crippen molar-refractivity contribution in [1.82, 2.24) is 0 Å². The van der Waals surface area contributed by atoms with Gasteiger partial charge in [0.1, 0.15) is 0 Å². The Morgan fingerprint density at radius 1 is 1.33 bits per heavy atom. The predicted octanol–water partition coefficient (Wildman–Crippen LogP) is 3.03. The van der Waals surface area contributed by atoms with Crippen LogP contribution in [0.3, 0.4) is 0 Å². The summed E-state index contributed by atoms with van der Waals surface area (Å²) in [6.45, 7) is 9.42. The molecule has 0 aliphatic heterocycles. The molecule has 2 unspecified atom stereocenters. The standard InChI is InChI=1S/C15H28O3/c1-6-8-13(7-2)11-14(12(3)9-10-16)18-15(4,5)17/h6-8,12,14,16-17H,9-11H2,1-5H3. The minimum atomic E-state index is -1.15. The Labute approximate surface area is 111 Å². The van der Waals surface area contributed by atoms with Crippen molar-refractivity contribution in [3.63, 3.8) is 0 Å². The highest BCUT2D eigenvalue weighted by molar-refractivity contribution is 5.18. The smallest absolute Gasteiger partial charge is 0.160 e. The van der Waals surface area contributed by atoms with Gasteiger partial charge in [-0.25, -0.2) is 0 Å². The number of allylic oxidation sites excluding steroid dienone is 3. The summed E-state index contributed by atoms with van der Waals surface area (Å²) < 4.78 is 5.70. The molecule has 0 aliphatic carbocycles. The molecule has 18 heavy (non-hydrogen) atoms. The first-order valence-electron chi connectivity index (χ1n) is 6.63. The van der Waals surface area contributed by atoms with Gasteiger partial charge in [0, 0.05) is 6.61 Å². The molecular formula is C15H28O3. The van der Waals surface area contributed by atoms with E-state index < -0.39 is 5.79 Å². The molecule has 2 atom stereocenters. The molecule has 3 nitrogen and oxygen atoms in total. The zero-order valence-electron chi connectivity index (χ0n) is 12.3. The monoisotopic (exact) mass is 256 g/mol. The van der Waals surface area contributed by atoms with E-state index in [-0.39, 0.29) is 18.6 Å². The minimum Gasteiger partial charge on any atom is -0.396 e. The highest BCUT2D eigenvalue weighted by Crippen LogP contribution is 2.24. The minimum absolute atomic E-state index is 0.0976. The SMILES string of the molecule is CC=CC(=CC)CC(OC(C)(C)O)C(C)CCO. The molecule has 0 aromatic carbocycles. The number of aliphatic hydroxyl groups excluding tert-OH is 1. The van der Waals surface area contributed by atoms with Crippen molar-refractivity contribution in [2.45, 2.75) is 59.4 Å². The second kappa shape index (κ2) is 8.46. The molecule has 0 radical (unpaired) electrons. The molecule has 0 rings (SSSR count). The first-order chi connectivity index (χ1) is 8.34. The van der Waals surface area contributed by atoms with Crippen LogP contribution in [0.2, 0.25) is 0 Å². The molecule has 0 saturated carbocycles. The first kappa shape index (κ1) is 17.4. The van der Waals surface area contributed by atoms with Crippen LogP contribution in [0.4, 0.5) is 0 Å². The first-order valence-corrected chi connectivity index (χ1v) is 6.63. The van der Waals surface area contributed by atoms with Gasteiger partial charge in [-0.05, 0) is 46.5 Å². The van der Waals surface area contributed by atoms with Crippen LogP contribution in [0.5, 0.6) is 0 Å². The molecule has 0 aromatic rings. The summed E-state index contributed by atoms with van der Waals surface area (Å²) in [6, 6.07) is 0. The molecule has 0 fully saturated rings. The zero-order chi connectivity index (χ0) is 14.2. The van der Waals surface area contributed by atoms with Gasteiger partial charge in [0.2, 0.25) is 0 Å². The maximum absolute atomic E-state index is 9.80. The van der Waals surface area contributed by atoms with Crippen molar-refractivity contribution in [3.8, 4) is 0 Å². The van der Waals surface area contributed by atoms with Crippen LogP contribution in [0.15, 0.2) is 23.8 Å². The molecule has 3 heteroatoms. The number of aliphatic hydroxyl groups is 2. The predicted molar refractivity (Wildman–Crippen MR) is 75.2 cm³/mol. The summed E-state index contributed by atoms with van der Waals surface area (Å²) in [6.07, 6.45) is 7.41. The van der Waals surface area contributed by atoms with Gasteiger partial charge in [-0.3, -0.25) is 0 Å². The van der Waals surface area contributed by atoms with Crippen LogP contribution in [-0.2, 0) is 4.74 Å². The molecule has 0 aromatic heterocycles. The van der Waals surface area contributed by atoms with E-state index in [1.165, 1.54) is 5.57 Å². The van der Waals surface area contributed by atoms with Crippen LogP contribution >= 0.6 is 0 Å². The van der Waals surface area contributed by atoms with Crippen LogP contribution in [0.25, 0.3) is 0 Å². The molecule has 0 aliphatic rings. The molecule has 0 saturated heterocycles. The average molecular weight is 256 g/mol. The van der Waals surface area contributed by atoms with Crippen molar-refractivity contribution in [1.29, 1.82) is 0 Å². The maximum Gasteiger partial charge on any atom is 0.160 e. The third-order valence-corrected chi connectivity index (χ3v) is 2.85. The second-order valence-corrected chi connectivity index (χ2v) is 5.16. The van der Waals surface area contributed by atoms with Crippen LogP contribution < -0.4 is 0 Å². The summed E-state index contributed by atoms with van der Waals surface area (Å²) in [5.41, 5.74) is 1.18. The maximum atomic E-state index is 9.80. The quantitative estimate of drug-likeness (QED) is 0.518. The molecule has 0 spiro atoms. The fourth-order valence-electron chi connectivity index (χ4n) is 1.85. The Morgan fingerprint density at radius 2 is 1.94 bits per heavy atom. The van der Waals surface area contributed by atoms with E-state index >= 15 is 0 Å². The van der Waals surface area contributed by atoms with Crippen molar-refractivity contribution >= 4 is 0 Å². The summed E-state index contributed by atoms with van der Waals surface area (Å²) in [5, 5.41) is 18.8. The second-order valence-electron chi connectivity index (χ2n) is 5.16. The number of rotatable bonds is 8. The highest BCUT2D eigenvalue weighted by Gasteiger charge is 2.25. The van der Waals surface area contributed by atoms with Gasteiger partial charge in [0.15, 0.2) is 5.79 Å². The summed E-state index contributed by atoms with van der Waals surface area (Å²) in [7, 11) is 0. The lowest BCUT2D eigenvalue weighted by Gasteiger charge is -2.30. The molecule has 106 valence electrons. The van der Waals surface area contributed by atoms with Crippen LogP contribution in [0.1, 0.15) is 47.5 Å². The molecule has 0 heterocycles.